The van der Waals surface area contributed by atoms with Crippen molar-refractivity contribution >= 4 is 5.97 Å². The highest BCUT2D eigenvalue weighted by Crippen LogP contribution is 2.71. The van der Waals surface area contributed by atoms with Gasteiger partial charge < -0.3 is 4.74 Å². The van der Waals surface area contributed by atoms with E-state index in [9.17, 15) is 4.79 Å². The molecule has 7 saturated carbocycles. The van der Waals surface area contributed by atoms with E-state index >= 15 is 0 Å². The monoisotopic (exact) mass is 288 g/mol. The SMILES string of the molecule is C1C2CC3C4CC5CC(C14)C(C2)C3C5.C=C(C)C(=O)OC. The van der Waals surface area contributed by atoms with Crippen LogP contribution in [-0.2, 0) is 9.53 Å². The second-order valence-corrected chi connectivity index (χ2v) is 8.40. The number of rotatable bonds is 1. The molecule has 7 rings (SSSR count). The molecule has 0 atom stereocenters. The average molecular weight is 288 g/mol. The minimum Gasteiger partial charge on any atom is -0.466 e. The fourth-order valence-electron chi connectivity index (χ4n) is 7.06. The van der Waals surface area contributed by atoms with Gasteiger partial charge >= 0.3 is 5.97 Å². The van der Waals surface area contributed by atoms with Crippen LogP contribution in [0.3, 0.4) is 0 Å². The Morgan fingerprint density at radius 2 is 1.10 bits per heavy atom. The van der Waals surface area contributed by atoms with E-state index in [2.05, 4.69) is 11.3 Å². The van der Waals surface area contributed by atoms with Crippen LogP contribution in [0.25, 0.3) is 0 Å². The van der Waals surface area contributed by atoms with Crippen LogP contribution >= 0.6 is 0 Å². The van der Waals surface area contributed by atoms with Crippen molar-refractivity contribution in [2.45, 2.75) is 45.4 Å². The first-order valence-corrected chi connectivity index (χ1v) is 8.82. The number of hydrogen-bond acceptors (Lipinski definition) is 2. The first kappa shape index (κ1) is 13.8. The van der Waals surface area contributed by atoms with E-state index in [1.807, 2.05) is 0 Å². The molecular formula is C19H28O2. The summed E-state index contributed by atoms with van der Waals surface area (Å²) in [6.07, 6.45) is 9.93. The smallest absolute Gasteiger partial charge is 0.332 e. The molecule has 0 amide bonds. The van der Waals surface area contributed by atoms with E-state index in [0.29, 0.717) is 5.57 Å². The molecule has 0 spiro atoms. The number of ether oxygens (including phenoxy) is 1. The van der Waals surface area contributed by atoms with Gasteiger partial charge in [-0.3, -0.25) is 0 Å². The minimum atomic E-state index is -0.347. The molecule has 0 N–H and O–H groups in total. The summed E-state index contributed by atoms with van der Waals surface area (Å²) in [5.74, 6) is 9.39. The van der Waals surface area contributed by atoms with Crippen LogP contribution in [0, 0.1) is 47.3 Å². The van der Waals surface area contributed by atoms with Crippen molar-refractivity contribution < 1.29 is 9.53 Å². The van der Waals surface area contributed by atoms with Gasteiger partial charge in [-0.05, 0) is 92.8 Å². The molecular weight excluding hydrogens is 260 g/mol. The van der Waals surface area contributed by atoms with E-state index < -0.39 is 0 Å². The number of carbonyl (C=O) groups is 1. The van der Waals surface area contributed by atoms with E-state index in [4.69, 9.17) is 0 Å². The van der Waals surface area contributed by atoms with Gasteiger partial charge in [0.15, 0.2) is 0 Å². The third-order valence-electron chi connectivity index (χ3n) is 7.47. The van der Waals surface area contributed by atoms with Crippen LogP contribution < -0.4 is 0 Å². The predicted octanol–water partition coefficient (Wildman–Crippen LogP) is 4.06. The second-order valence-electron chi connectivity index (χ2n) is 8.40. The van der Waals surface area contributed by atoms with Crippen molar-refractivity contribution in [3.05, 3.63) is 12.2 Å². The molecule has 7 aliphatic carbocycles. The fourth-order valence-corrected chi connectivity index (χ4v) is 7.06. The van der Waals surface area contributed by atoms with Gasteiger partial charge in [0.1, 0.15) is 0 Å². The van der Waals surface area contributed by atoms with Gasteiger partial charge in [0, 0.05) is 5.57 Å². The zero-order chi connectivity index (χ0) is 14.7. The highest BCUT2D eigenvalue weighted by atomic mass is 16.5. The molecule has 0 aromatic rings. The molecule has 2 nitrogen and oxygen atoms in total. The van der Waals surface area contributed by atoms with Crippen LogP contribution in [0.4, 0.5) is 0 Å². The van der Waals surface area contributed by atoms with Crippen molar-refractivity contribution in [2.75, 3.05) is 7.11 Å². The van der Waals surface area contributed by atoms with Crippen molar-refractivity contribution in [2.24, 2.45) is 47.3 Å². The lowest BCUT2D eigenvalue weighted by Crippen LogP contribution is -2.62. The van der Waals surface area contributed by atoms with E-state index in [-0.39, 0.29) is 5.97 Å². The predicted molar refractivity (Wildman–Crippen MR) is 82.5 cm³/mol. The Hall–Kier alpha value is -0.790. The Bertz CT molecular complexity index is 379. The van der Waals surface area contributed by atoms with Crippen molar-refractivity contribution in [1.29, 1.82) is 0 Å². The number of esters is 1. The molecule has 0 aromatic carbocycles. The van der Waals surface area contributed by atoms with Crippen LogP contribution in [0.1, 0.15) is 45.4 Å². The van der Waals surface area contributed by atoms with Gasteiger partial charge in [0.2, 0.25) is 0 Å². The van der Waals surface area contributed by atoms with Gasteiger partial charge in [0.05, 0.1) is 7.11 Å². The van der Waals surface area contributed by atoms with Crippen LogP contribution in [0.15, 0.2) is 12.2 Å². The van der Waals surface area contributed by atoms with E-state index in [0.717, 1.165) is 0 Å². The molecule has 8 bridgehead atoms. The molecule has 0 radical (unpaired) electrons. The van der Waals surface area contributed by atoms with Gasteiger partial charge in [-0.2, -0.15) is 0 Å². The summed E-state index contributed by atoms with van der Waals surface area (Å²) in [5.41, 5.74) is 0.433. The second kappa shape index (κ2) is 4.86. The van der Waals surface area contributed by atoms with E-state index in [1.54, 1.807) is 45.4 Å². The number of hydrogen-bond donors (Lipinski definition) is 0. The number of methoxy groups -OCH3 is 1. The van der Waals surface area contributed by atoms with Crippen LogP contribution in [-0.4, -0.2) is 13.1 Å². The molecule has 0 aromatic heterocycles. The van der Waals surface area contributed by atoms with Gasteiger partial charge in [-0.1, -0.05) is 6.58 Å². The normalized spacial score (nSPS) is 50.6. The van der Waals surface area contributed by atoms with Crippen LogP contribution in [0.5, 0.6) is 0 Å². The Balaban J connectivity index is 0.000000144. The Morgan fingerprint density at radius 1 is 0.810 bits per heavy atom. The highest BCUT2D eigenvalue weighted by molar-refractivity contribution is 5.86. The van der Waals surface area contributed by atoms with Crippen LogP contribution in [0.2, 0.25) is 0 Å². The minimum absolute atomic E-state index is 0.347. The molecule has 7 aliphatic rings. The zero-order valence-corrected chi connectivity index (χ0v) is 13.4. The molecule has 0 heterocycles. The maximum absolute atomic E-state index is 10.2. The van der Waals surface area contributed by atoms with E-state index in [1.165, 1.54) is 54.5 Å². The molecule has 116 valence electrons. The lowest BCUT2D eigenvalue weighted by Gasteiger charge is -2.69. The Kier molecular flexibility index (Phi) is 3.20. The quantitative estimate of drug-likeness (QED) is 0.537. The molecule has 2 heteroatoms. The summed E-state index contributed by atoms with van der Waals surface area (Å²) in [4.78, 5) is 10.2. The average Bonchev–Trinajstić information content (AvgIpc) is 2.51. The van der Waals surface area contributed by atoms with Crippen molar-refractivity contribution in [1.82, 2.24) is 0 Å². The Labute approximate surface area is 128 Å². The molecule has 21 heavy (non-hydrogen) atoms. The molecule has 0 aliphatic heterocycles. The summed E-state index contributed by atoms with van der Waals surface area (Å²) in [6.45, 7) is 4.95. The molecule has 0 saturated heterocycles. The molecule has 7 fully saturated rings. The third kappa shape index (κ3) is 2.01. The summed E-state index contributed by atoms with van der Waals surface area (Å²) in [7, 11) is 1.33. The zero-order valence-electron chi connectivity index (χ0n) is 13.4. The lowest BCUT2D eigenvalue weighted by atomic mass is 9.36. The standard InChI is InChI=1S/C14H20.C5H8O2/c1-7-2-12-10-4-8-5-11(9(1)10)13(3-7)14(12)6-8;1-4(2)5(6)7-3/h7-14H,1-6H2;1H2,2-3H3. The first-order valence-electron chi connectivity index (χ1n) is 8.82. The summed E-state index contributed by atoms with van der Waals surface area (Å²) in [6, 6.07) is 0. The maximum Gasteiger partial charge on any atom is 0.332 e. The molecule has 0 unspecified atom stereocenters. The Morgan fingerprint density at radius 3 is 1.24 bits per heavy atom. The van der Waals surface area contributed by atoms with Crippen molar-refractivity contribution in [3.8, 4) is 0 Å². The summed E-state index contributed by atoms with van der Waals surface area (Å²) < 4.78 is 4.27. The largest absolute Gasteiger partial charge is 0.466 e. The topological polar surface area (TPSA) is 26.3 Å². The lowest BCUT2D eigenvalue weighted by molar-refractivity contribution is -0.202. The summed E-state index contributed by atoms with van der Waals surface area (Å²) in [5, 5.41) is 0. The van der Waals surface area contributed by atoms with Crippen molar-refractivity contribution in [3.63, 3.8) is 0 Å². The van der Waals surface area contributed by atoms with Gasteiger partial charge in [0.25, 0.3) is 0 Å². The fraction of sp³-hybridized carbons (Fsp3) is 0.842. The third-order valence-corrected chi connectivity index (χ3v) is 7.47. The van der Waals surface area contributed by atoms with Gasteiger partial charge in [-0.15, -0.1) is 0 Å². The highest BCUT2D eigenvalue weighted by Gasteiger charge is 2.63. The first-order chi connectivity index (χ1) is 10.1. The maximum atomic E-state index is 10.2. The van der Waals surface area contributed by atoms with Gasteiger partial charge in [-0.25, -0.2) is 4.79 Å². The summed E-state index contributed by atoms with van der Waals surface area (Å²) >= 11 is 0. The number of carbonyl (C=O) groups excluding carboxylic acids is 1.